The van der Waals surface area contributed by atoms with Crippen molar-refractivity contribution in [1.82, 2.24) is 15.5 Å². The minimum Gasteiger partial charge on any atom is -0.462 e. The van der Waals surface area contributed by atoms with Gasteiger partial charge in [-0.05, 0) is 45.9 Å². The molecule has 0 radical (unpaired) electrons. The lowest BCUT2D eigenvalue weighted by Gasteiger charge is -2.20. The molecule has 98 valence electrons. The van der Waals surface area contributed by atoms with Crippen molar-refractivity contribution in [1.29, 1.82) is 0 Å². The summed E-state index contributed by atoms with van der Waals surface area (Å²) in [7, 11) is 0. The number of nitrogens with one attached hydrogen (secondary N) is 1. The van der Waals surface area contributed by atoms with Crippen LogP contribution in [0, 0.1) is 0 Å². The number of hydrogen-bond donors (Lipinski definition) is 1. The van der Waals surface area contributed by atoms with Gasteiger partial charge in [-0.2, -0.15) is 0 Å². The van der Waals surface area contributed by atoms with Crippen LogP contribution in [0.1, 0.15) is 32.2 Å². The fraction of sp³-hybridized carbons (Fsp3) is 0.538. The Morgan fingerprint density at radius 2 is 2.17 bits per heavy atom. The normalized spacial score (nSPS) is 11.9. The highest BCUT2D eigenvalue weighted by molar-refractivity contribution is 7.14. The maximum atomic E-state index is 5.30. The van der Waals surface area contributed by atoms with E-state index in [9.17, 15) is 0 Å². The van der Waals surface area contributed by atoms with Crippen molar-refractivity contribution >= 4 is 11.3 Å². The summed E-state index contributed by atoms with van der Waals surface area (Å²) in [4.78, 5) is 0. The Kier molecular flexibility index (Phi) is 4.14. The molecule has 0 spiro atoms. The molecule has 0 aliphatic heterocycles. The van der Waals surface area contributed by atoms with Gasteiger partial charge in [0.25, 0.3) is 0 Å². The summed E-state index contributed by atoms with van der Waals surface area (Å²) in [5.41, 5.74) is 0.181. The molecule has 0 saturated carbocycles. The Morgan fingerprint density at radius 1 is 1.33 bits per heavy atom. The fourth-order valence-electron chi connectivity index (χ4n) is 1.56. The lowest BCUT2D eigenvalue weighted by molar-refractivity contribution is 0.422. The summed E-state index contributed by atoms with van der Waals surface area (Å²) in [6, 6.07) is 3.77. The number of aryl methyl sites for hydroxylation is 1. The van der Waals surface area contributed by atoms with Gasteiger partial charge >= 0.3 is 0 Å². The number of hydrogen-bond acceptors (Lipinski definition) is 5. The predicted molar refractivity (Wildman–Crippen MR) is 73.7 cm³/mol. The zero-order chi connectivity index (χ0) is 13.0. The molecule has 0 bridgehead atoms. The molecule has 0 saturated heterocycles. The third-order valence-corrected chi connectivity index (χ3v) is 3.42. The Morgan fingerprint density at radius 3 is 2.83 bits per heavy atom. The fourth-order valence-corrected chi connectivity index (χ4v) is 2.41. The van der Waals surface area contributed by atoms with E-state index < -0.39 is 0 Å². The molecule has 4 nitrogen and oxygen atoms in total. The van der Waals surface area contributed by atoms with Crippen LogP contribution in [0.2, 0.25) is 0 Å². The molecule has 0 aliphatic carbocycles. The summed E-state index contributed by atoms with van der Waals surface area (Å²) in [5.74, 6) is 0.798. The smallest absolute Gasteiger partial charge is 0.183 e. The summed E-state index contributed by atoms with van der Waals surface area (Å²) >= 11 is 1.60. The number of furan rings is 1. The quantitative estimate of drug-likeness (QED) is 0.844. The summed E-state index contributed by atoms with van der Waals surface area (Å²) in [6.45, 7) is 7.52. The molecule has 0 amide bonds. The highest BCUT2D eigenvalue weighted by atomic mass is 32.1. The van der Waals surface area contributed by atoms with Crippen molar-refractivity contribution < 1.29 is 4.42 Å². The molecular formula is C13H19N3OS. The van der Waals surface area contributed by atoms with Crippen molar-refractivity contribution in [3.05, 3.63) is 23.4 Å². The van der Waals surface area contributed by atoms with E-state index in [-0.39, 0.29) is 5.54 Å². The number of nitrogens with zero attached hydrogens (tertiary/aromatic N) is 2. The molecule has 5 heteroatoms. The molecule has 0 atom stereocenters. The first kappa shape index (κ1) is 13.2. The molecule has 0 unspecified atom stereocenters. The zero-order valence-corrected chi connectivity index (χ0v) is 11.9. The van der Waals surface area contributed by atoms with Gasteiger partial charge in [-0.25, -0.2) is 0 Å². The average Bonchev–Trinajstić information content (AvgIpc) is 2.93. The largest absolute Gasteiger partial charge is 0.462 e. The van der Waals surface area contributed by atoms with Crippen LogP contribution in [0.15, 0.2) is 22.8 Å². The van der Waals surface area contributed by atoms with Crippen molar-refractivity contribution in [3.63, 3.8) is 0 Å². The first-order chi connectivity index (χ1) is 8.54. The van der Waals surface area contributed by atoms with E-state index in [1.54, 1.807) is 17.6 Å². The number of rotatable bonds is 5. The highest BCUT2D eigenvalue weighted by Crippen LogP contribution is 2.24. The van der Waals surface area contributed by atoms with Crippen LogP contribution in [0.5, 0.6) is 0 Å². The standard InChI is InChI=1S/C13H19N3OS/c1-13(2,3)14-8-4-7-11-15-16-12(18-11)10-6-5-9-17-10/h5-6,9,14H,4,7-8H2,1-3H3. The van der Waals surface area contributed by atoms with Crippen molar-refractivity contribution in [2.24, 2.45) is 0 Å². The van der Waals surface area contributed by atoms with Crippen molar-refractivity contribution in [2.45, 2.75) is 39.2 Å². The second-order valence-electron chi connectivity index (χ2n) is 5.26. The van der Waals surface area contributed by atoms with Crippen LogP contribution >= 0.6 is 11.3 Å². The van der Waals surface area contributed by atoms with Crippen LogP contribution in [0.3, 0.4) is 0 Å². The van der Waals surface area contributed by atoms with E-state index in [2.05, 4.69) is 36.3 Å². The minimum absolute atomic E-state index is 0.181. The second kappa shape index (κ2) is 5.63. The Hall–Kier alpha value is -1.20. The molecule has 0 fully saturated rings. The average molecular weight is 265 g/mol. The van der Waals surface area contributed by atoms with E-state index in [4.69, 9.17) is 4.42 Å². The van der Waals surface area contributed by atoms with E-state index in [1.807, 2.05) is 12.1 Å². The Labute approximate surface area is 111 Å². The van der Waals surface area contributed by atoms with Gasteiger partial charge < -0.3 is 9.73 Å². The maximum Gasteiger partial charge on any atom is 0.183 e. The van der Waals surface area contributed by atoms with Crippen LogP contribution in [0.25, 0.3) is 10.8 Å². The Balaban J connectivity index is 1.81. The van der Waals surface area contributed by atoms with Gasteiger partial charge in [0, 0.05) is 12.0 Å². The van der Waals surface area contributed by atoms with E-state index in [0.29, 0.717) is 0 Å². The molecule has 2 heterocycles. The molecule has 1 N–H and O–H groups in total. The van der Waals surface area contributed by atoms with Gasteiger partial charge in [-0.1, -0.05) is 11.3 Å². The van der Waals surface area contributed by atoms with Gasteiger partial charge in [0.2, 0.25) is 0 Å². The zero-order valence-electron chi connectivity index (χ0n) is 11.1. The molecule has 2 aromatic rings. The van der Waals surface area contributed by atoms with Gasteiger partial charge in [0.15, 0.2) is 10.8 Å². The Bertz CT molecular complexity index is 471. The molecule has 2 rings (SSSR count). The van der Waals surface area contributed by atoms with E-state index in [0.717, 1.165) is 35.2 Å². The maximum absolute atomic E-state index is 5.30. The van der Waals surface area contributed by atoms with Crippen LogP contribution in [-0.2, 0) is 6.42 Å². The van der Waals surface area contributed by atoms with Crippen LogP contribution in [0.4, 0.5) is 0 Å². The van der Waals surface area contributed by atoms with Crippen LogP contribution < -0.4 is 5.32 Å². The number of aromatic nitrogens is 2. The first-order valence-corrected chi connectivity index (χ1v) is 6.97. The lowest BCUT2D eigenvalue weighted by Crippen LogP contribution is -2.36. The van der Waals surface area contributed by atoms with Crippen LogP contribution in [-0.4, -0.2) is 22.3 Å². The van der Waals surface area contributed by atoms with Crippen molar-refractivity contribution in [2.75, 3.05) is 6.54 Å². The van der Waals surface area contributed by atoms with Gasteiger partial charge in [-0.3, -0.25) is 0 Å². The summed E-state index contributed by atoms with van der Waals surface area (Å²) in [5, 5.41) is 13.7. The molecule has 18 heavy (non-hydrogen) atoms. The first-order valence-electron chi connectivity index (χ1n) is 6.16. The summed E-state index contributed by atoms with van der Waals surface area (Å²) in [6.07, 6.45) is 3.69. The second-order valence-corrected chi connectivity index (χ2v) is 6.32. The SMILES string of the molecule is CC(C)(C)NCCCc1nnc(-c2ccco2)s1. The molecule has 2 aromatic heterocycles. The lowest BCUT2D eigenvalue weighted by atomic mass is 10.1. The molecule has 0 aromatic carbocycles. The predicted octanol–water partition coefficient (Wildman–Crippen LogP) is 3.12. The topological polar surface area (TPSA) is 51.0 Å². The minimum atomic E-state index is 0.181. The van der Waals surface area contributed by atoms with E-state index >= 15 is 0 Å². The molecule has 0 aliphatic rings. The van der Waals surface area contributed by atoms with Gasteiger partial charge in [0.05, 0.1) is 6.26 Å². The van der Waals surface area contributed by atoms with E-state index in [1.165, 1.54) is 0 Å². The summed E-state index contributed by atoms with van der Waals surface area (Å²) < 4.78 is 5.30. The van der Waals surface area contributed by atoms with Crippen molar-refractivity contribution in [3.8, 4) is 10.8 Å². The van der Waals surface area contributed by atoms with Gasteiger partial charge in [-0.15, -0.1) is 10.2 Å². The third-order valence-electron chi connectivity index (χ3n) is 2.42. The molecular weight excluding hydrogens is 246 g/mol. The van der Waals surface area contributed by atoms with Gasteiger partial charge in [0.1, 0.15) is 5.01 Å². The third kappa shape index (κ3) is 3.92. The highest BCUT2D eigenvalue weighted by Gasteiger charge is 2.10. The monoisotopic (exact) mass is 265 g/mol.